The zero-order valence-electron chi connectivity index (χ0n) is 16.5. The summed E-state index contributed by atoms with van der Waals surface area (Å²) in [4.78, 5) is 20.6. The van der Waals surface area contributed by atoms with Crippen molar-refractivity contribution in [3.63, 3.8) is 0 Å². The maximum absolute atomic E-state index is 11.1. The Morgan fingerprint density at radius 3 is 1.56 bits per heavy atom. The molecule has 0 saturated heterocycles. The summed E-state index contributed by atoms with van der Waals surface area (Å²) < 4.78 is 5.06. The van der Waals surface area contributed by atoms with Gasteiger partial charge < -0.3 is 10.5 Å². The molecular formula is C21H39NO3. The molecule has 0 rings (SSSR count). The third-order valence-electron chi connectivity index (χ3n) is 3.78. The lowest BCUT2D eigenvalue weighted by atomic mass is 10.1. The van der Waals surface area contributed by atoms with E-state index in [1.54, 1.807) is 6.92 Å². The van der Waals surface area contributed by atoms with Gasteiger partial charge in [0.1, 0.15) is 0 Å². The van der Waals surface area contributed by atoms with Crippen LogP contribution in [0.1, 0.15) is 90.9 Å². The van der Waals surface area contributed by atoms with E-state index in [1.165, 1.54) is 70.6 Å². The molecule has 0 aromatic heterocycles. The van der Waals surface area contributed by atoms with E-state index in [0.717, 1.165) is 12.5 Å². The predicted octanol–water partition coefficient (Wildman–Crippen LogP) is 5.46. The monoisotopic (exact) mass is 353 g/mol. The fourth-order valence-corrected chi connectivity index (χ4v) is 2.23. The first kappa shape index (κ1) is 25.7. The van der Waals surface area contributed by atoms with Crippen molar-refractivity contribution in [2.45, 2.75) is 90.9 Å². The maximum Gasteiger partial charge on any atom is 0.333 e. The lowest BCUT2D eigenvalue weighted by molar-refractivity contribution is -0.139. The van der Waals surface area contributed by atoms with Crippen LogP contribution in [0.3, 0.4) is 0 Å². The summed E-state index contributed by atoms with van der Waals surface area (Å²) >= 11 is 0. The molecule has 146 valence electrons. The average Bonchev–Trinajstić information content (AvgIpc) is 2.59. The first-order chi connectivity index (χ1) is 12.0. The number of carbonyl (C=O) groups is 2. The molecule has 0 aromatic rings. The number of nitrogens with two attached hydrogens (primary N) is 1. The number of primary amides is 1. The molecule has 0 spiro atoms. The second kappa shape index (κ2) is 20.5. The van der Waals surface area contributed by atoms with Crippen LogP contribution in [-0.2, 0) is 14.3 Å². The highest BCUT2D eigenvalue weighted by Crippen LogP contribution is 2.11. The van der Waals surface area contributed by atoms with Gasteiger partial charge in [0.2, 0.25) is 5.91 Å². The topological polar surface area (TPSA) is 69.4 Å². The highest BCUT2D eigenvalue weighted by Gasteiger charge is 2.01. The second-order valence-corrected chi connectivity index (χ2v) is 6.41. The van der Waals surface area contributed by atoms with E-state index in [4.69, 9.17) is 4.74 Å². The number of unbranched alkanes of at least 4 members (excludes halogenated alkanes) is 11. The molecule has 0 fully saturated rings. The molecular weight excluding hydrogens is 314 g/mol. The summed E-state index contributed by atoms with van der Waals surface area (Å²) in [6, 6.07) is 0. The van der Waals surface area contributed by atoms with Crippen LogP contribution < -0.4 is 5.73 Å². The van der Waals surface area contributed by atoms with Gasteiger partial charge in [0, 0.05) is 5.57 Å². The van der Waals surface area contributed by atoms with Gasteiger partial charge in [0.05, 0.1) is 6.61 Å². The van der Waals surface area contributed by atoms with Crippen molar-refractivity contribution in [3.8, 4) is 0 Å². The van der Waals surface area contributed by atoms with Gasteiger partial charge >= 0.3 is 5.97 Å². The first-order valence-corrected chi connectivity index (χ1v) is 9.70. The molecule has 4 heteroatoms. The van der Waals surface area contributed by atoms with Gasteiger partial charge in [-0.3, -0.25) is 4.79 Å². The van der Waals surface area contributed by atoms with Crippen LogP contribution in [0.5, 0.6) is 0 Å². The van der Waals surface area contributed by atoms with E-state index in [2.05, 4.69) is 25.8 Å². The maximum atomic E-state index is 11.1. The lowest BCUT2D eigenvalue weighted by Crippen LogP contribution is -2.05. The molecule has 0 bridgehead atoms. The normalized spacial score (nSPS) is 9.68. The lowest BCUT2D eigenvalue weighted by Gasteiger charge is -2.04. The van der Waals surface area contributed by atoms with Crippen LogP contribution in [0.4, 0.5) is 0 Å². The summed E-state index contributed by atoms with van der Waals surface area (Å²) in [7, 11) is 0. The molecule has 0 saturated carbocycles. The van der Waals surface area contributed by atoms with Gasteiger partial charge in [0.25, 0.3) is 0 Å². The van der Waals surface area contributed by atoms with Crippen LogP contribution in [-0.4, -0.2) is 18.5 Å². The Morgan fingerprint density at radius 2 is 1.24 bits per heavy atom. The van der Waals surface area contributed by atoms with Crippen LogP contribution in [0.25, 0.3) is 0 Å². The minimum absolute atomic E-state index is 0.256. The number of hydrogen-bond donors (Lipinski definition) is 1. The van der Waals surface area contributed by atoms with Crippen molar-refractivity contribution < 1.29 is 14.3 Å². The number of esters is 1. The minimum atomic E-state index is -0.481. The fourth-order valence-electron chi connectivity index (χ4n) is 2.23. The molecule has 0 heterocycles. The van der Waals surface area contributed by atoms with Crippen molar-refractivity contribution in [2.75, 3.05) is 6.61 Å². The zero-order chi connectivity index (χ0) is 19.3. The van der Waals surface area contributed by atoms with Crippen molar-refractivity contribution in [3.05, 3.63) is 24.8 Å². The number of hydrogen-bond acceptors (Lipinski definition) is 3. The Kier molecular flexibility index (Phi) is 21.0. The van der Waals surface area contributed by atoms with Crippen molar-refractivity contribution >= 4 is 11.9 Å². The molecule has 2 N–H and O–H groups in total. The molecule has 0 unspecified atom stereocenters. The molecule has 0 radical (unpaired) electrons. The van der Waals surface area contributed by atoms with Crippen LogP contribution >= 0.6 is 0 Å². The smallest absolute Gasteiger partial charge is 0.333 e. The Morgan fingerprint density at radius 1 is 0.880 bits per heavy atom. The molecule has 25 heavy (non-hydrogen) atoms. The van der Waals surface area contributed by atoms with Gasteiger partial charge in [-0.2, -0.15) is 0 Å². The number of rotatable bonds is 15. The predicted molar refractivity (Wildman–Crippen MR) is 106 cm³/mol. The Balaban J connectivity index is 0. The Hall–Kier alpha value is -1.58. The molecule has 1 amide bonds. The van der Waals surface area contributed by atoms with Gasteiger partial charge in [-0.05, 0) is 19.4 Å². The molecule has 0 aliphatic rings. The quantitative estimate of drug-likeness (QED) is 0.241. The van der Waals surface area contributed by atoms with E-state index < -0.39 is 5.91 Å². The molecule has 0 atom stereocenters. The molecule has 0 aliphatic heterocycles. The summed E-state index contributed by atoms with van der Waals surface area (Å²) in [5.74, 6) is -0.738. The zero-order valence-corrected chi connectivity index (χ0v) is 16.5. The van der Waals surface area contributed by atoms with Crippen LogP contribution in [0.15, 0.2) is 24.8 Å². The molecule has 0 aliphatic carbocycles. The first-order valence-electron chi connectivity index (χ1n) is 9.70. The van der Waals surface area contributed by atoms with E-state index >= 15 is 0 Å². The Bertz CT molecular complexity index is 364. The van der Waals surface area contributed by atoms with E-state index in [9.17, 15) is 9.59 Å². The second-order valence-electron chi connectivity index (χ2n) is 6.41. The average molecular weight is 354 g/mol. The van der Waals surface area contributed by atoms with Crippen LogP contribution in [0.2, 0.25) is 0 Å². The SMILES string of the molecule is C=C(C)C(=O)OCCCCCCCCCCCCCC.C=CC(N)=O. The fraction of sp³-hybridized carbons (Fsp3) is 0.714. The van der Waals surface area contributed by atoms with Gasteiger partial charge in [-0.1, -0.05) is 90.7 Å². The van der Waals surface area contributed by atoms with Crippen molar-refractivity contribution in [1.82, 2.24) is 0 Å². The van der Waals surface area contributed by atoms with Gasteiger partial charge in [0.15, 0.2) is 0 Å². The summed E-state index contributed by atoms with van der Waals surface area (Å²) in [6.07, 6.45) is 16.9. The highest BCUT2D eigenvalue weighted by atomic mass is 16.5. The van der Waals surface area contributed by atoms with Gasteiger partial charge in [-0.25, -0.2) is 4.79 Å². The number of carbonyl (C=O) groups excluding carboxylic acids is 2. The van der Waals surface area contributed by atoms with Crippen molar-refractivity contribution in [2.24, 2.45) is 5.73 Å². The number of amides is 1. The van der Waals surface area contributed by atoms with E-state index in [1.807, 2.05) is 0 Å². The van der Waals surface area contributed by atoms with Crippen LogP contribution in [0, 0.1) is 0 Å². The molecule has 0 aromatic carbocycles. The summed E-state index contributed by atoms with van der Waals surface area (Å²) in [6.45, 7) is 11.1. The van der Waals surface area contributed by atoms with E-state index in [-0.39, 0.29) is 5.97 Å². The summed E-state index contributed by atoms with van der Waals surface area (Å²) in [5, 5.41) is 0. The highest BCUT2D eigenvalue weighted by molar-refractivity contribution is 5.86. The minimum Gasteiger partial charge on any atom is -0.462 e. The third-order valence-corrected chi connectivity index (χ3v) is 3.78. The molecule has 4 nitrogen and oxygen atoms in total. The summed E-state index contributed by atoms with van der Waals surface area (Å²) in [5.41, 5.74) is 5.02. The van der Waals surface area contributed by atoms with E-state index in [0.29, 0.717) is 12.2 Å². The number of ether oxygens (including phenoxy) is 1. The largest absolute Gasteiger partial charge is 0.462 e. The third kappa shape index (κ3) is 24.8. The van der Waals surface area contributed by atoms with Crippen molar-refractivity contribution in [1.29, 1.82) is 0 Å². The Labute approximate surface area is 154 Å². The standard InChI is InChI=1S/C18H34O2.C3H5NO/c1-4-5-6-7-8-9-10-11-12-13-14-15-16-20-18(19)17(2)3;1-2-3(4)5/h2,4-16H2,1,3H3;2H,1H2,(H2,4,5). The van der Waals surface area contributed by atoms with Gasteiger partial charge in [-0.15, -0.1) is 0 Å².